The van der Waals surface area contributed by atoms with Crippen molar-refractivity contribution < 1.29 is 0 Å². The number of nitrogens with one attached hydrogen (secondary N) is 2. The Labute approximate surface area is 151 Å². The minimum atomic E-state index is 0.845. The lowest BCUT2D eigenvalue weighted by Gasteiger charge is -2.30. The van der Waals surface area contributed by atoms with Crippen LogP contribution in [0.5, 0.6) is 0 Å². The molecule has 1 fully saturated rings. The maximum absolute atomic E-state index is 4.75. The summed E-state index contributed by atoms with van der Waals surface area (Å²) in [5.41, 5.74) is 0. The largest absolute Gasteiger partial charge is 0.357 e. The molecular formula is C18H33N5S. The van der Waals surface area contributed by atoms with E-state index in [0.717, 1.165) is 37.9 Å². The van der Waals surface area contributed by atoms with E-state index in [1.807, 2.05) is 6.20 Å². The summed E-state index contributed by atoms with van der Waals surface area (Å²) in [4.78, 5) is 13.0. The molecule has 0 saturated carbocycles. The lowest BCUT2D eigenvalue weighted by molar-refractivity contribution is 0.188. The van der Waals surface area contributed by atoms with Crippen LogP contribution in [0.1, 0.15) is 43.0 Å². The predicted octanol–water partition coefficient (Wildman–Crippen LogP) is 2.67. The zero-order valence-electron chi connectivity index (χ0n) is 15.5. The van der Waals surface area contributed by atoms with Crippen molar-refractivity contribution in [3.8, 4) is 0 Å². The van der Waals surface area contributed by atoms with Gasteiger partial charge < -0.3 is 15.5 Å². The van der Waals surface area contributed by atoms with Crippen LogP contribution in [0.15, 0.2) is 11.2 Å². The first kappa shape index (κ1) is 19.2. The lowest BCUT2D eigenvalue weighted by atomic mass is 9.94. The van der Waals surface area contributed by atoms with E-state index in [4.69, 9.17) is 4.99 Å². The number of aryl methyl sites for hydroxylation is 1. The molecule has 0 atom stereocenters. The average Bonchev–Trinajstić information content (AvgIpc) is 3.01. The highest BCUT2D eigenvalue weighted by molar-refractivity contribution is 7.11. The molecule has 1 aromatic heterocycles. The monoisotopic (exact) mass is 351 g/mol. The number of piperidine rings is 1. The molecule has 5 nitrogen and oxygen atoms in total. The van der Waals surface area contributed by atoms with E-state index in [1.54, 1.807) is 11.3 Å². The Balaban J connectivity index is 1.68. The number of hydrogen-bond donors (Lipinski definition) is 2. The van der Waals surface area contributed by atoms with Crippen molar-refractivity contribution >= 4 is 17.3 Å². The molecule has 6 heteroatoms. The normalized spacial score (nSPS) is 17.2. The van der Waals surface area contributed by atoms with Crippen molar-refractivity contribution in [1.82, 2.24) is 20.5 Å². The van der Waals surface area contributed by atoms with E-state index in [9.17, 15) is 0 Å². The van der Waals surface area contributed by atoms with Crippen molar-refractivity contribution in [2.75, 3.05) is 39.3 Å². The molecule has 0 bridgehead atoms. The van der Waals surface area contributed by atoms with Crippen LogP contribution in [0.25, 0.3) is 0 Å². The van der Waals surface area contributed by atoms with Gasteiger partial charge in [-0.2, -0.15) is 0 Å². The summed E-state index contributed by atoms with van der Waals surface area (Å²) in [6.07, 6.45) is 6.77. The quantitative estimate of drug-likeness (QED) is 0.558. The van der Waals surface area contributed by atoms with Gasteiger partial charge in [0.2, 0.25) is 0 Å². The Bertz CT molecular complexity index is 491. The maximum Gasteiger partial charge on any atom is 0.191 e. The van der Waals surface area contributed by atoms with Gasteiger partial charge in [-0.1, -0.05) is 6.92 Å². The summed E-state index contributed by atoms with van der Waals surface area (Å²) in [7, 11) is 0. The lowest BCUT2D eigenvalue weighted by Crippen LogP contribution is -2.38. The van der Waals surface area contributed by atoms with Gasteiger partial charge in [0.25, 0.3) is 0 Å². The van der Waals surface area contributed by atoms with Gasteiger partial charge in [-0.05, 0) is 58.7 Å². The summed E-state index contributed by atoms with van der Waals surface area (Å²) in [6.45, 7) is 12.9. The van der Waals surface area contributed by atoms with Crippen LogP contribution in [0.3, 0.4) is 0 Å². The van der Waals surface area contributed by atoms with E-state index in [0.29, 0.717) is 0 Å². The third-order valence-electron chi connectivity index (χ3n) is 4.61. The average molecular weight is 352 g/mol. The molecule has 1 aliphatic rings. The predicted molar refractivity (Wildman–Crippen MR) is 104 cm³/mol. The standard InChI is InChI=1S/C18H33N5S/c1-4-19-18(21-11-7-17-22-14-15(3)24-17)20-10-6-16-8-12-23(5-2)13-9-16/h14,16H,4-13H2,1-3H3,(H2,19,20,21). The number of rotatable bonds is 8. The summed E-state index contributed by atoms with van der Waals surface area (Å²) in [5, 5.41) is 7.96. The van der Waals surface area contributed by atoms with Crippen molar-refractivity contribution in [3.05, 3.63) is 16.1 Å². The minimum absolute atomic E-state index is 0.845. The first-order valence-electron chi connectivity index (χ1n) is 9.37. The van der Waals surface area contributed by atoms with Gasteiger partial charge in [-0.15, -0.1) is 11.3 Å². The number of aromatic nitrogens is 1. The summed E-state index contributed by atoms with van der Waals surface area (Å²) in [5.74, 6) is 1.79. The zero-order valence-corrected chi connectivity index (χ0v) is 16.3. The summed E-state index contributed by atoms with van der Waals surface area (Å²) >= 11 is 1.78. The Hall–Kier alpha value is -1.14. The number of hydrogen-bond acceptors (Lipinski definition) is 4. The molecule has 2 rings (SSSR count). The van der Waals surface area contributed by atoms with Gasteiger partial charge in [0.1, 0.15) is 0 Å². The number of aliphatic imine (C=N–C) groups is 1. The highest BCUT2D eigenvalue weighted by Gasteiger charge is 2.17. The van der Waals surface area contributed by atoms with Crippen LogP contribution >= 0.6 is 11.3 Å². The van der Waals surface area contributed by atoms with Gasteiger partial charge in [0.05, 0.1) is 5.01 Å². The van der Waals surface area contributed by atoms with E-state index in [-0.39, 0.29) is 0 Å². The Morgan fingerprint density at radius 1 is 1.33 bits per heavy atom. The number of likely N-dealkylation sites (tertiary alicyclic amines) is 1. The third kappa shape index (κ3) is 6.77. The van der Waals surface area contributed by atoms with Crippen LogP contribution in [-0.4, -0.2) is 55.1 Å². The maximum atomic E-state index is 4.75. The first-order chi connectivity index (χ1) is 11.7. The molecule has 0 radical (unpaired) electrons. The van der Waals surface area contributed by atoms with Crippen molar-refractivity contribution in [2.45, 2.75) is 46.5 Å². The molecule has 0 amide bonds. The molecule has 1 aliphatic heterocycles. The van der Waals surface area contributed by atoms with Gasteiger partial charge in [-0.25, -0.2) is 4.98 Å². The van der Waals surface area contributed by atoms with Gasteiger partial charge >= 0.3 is 0 Å². The Morgan fingerprint density at radius 3 is 2.75 bits per heavy atom. The molecule has 0 spiro atoms. The fourth-order valence-corrected chi connectivity index (χ4v) is 3.88. The highest BCUT2D eigenvalue weighted by atomic mass is 32.1. The van der Waals surface area contributed by atoms with Crippen LogP contribution in [0.4, 0.5) is 0 Å². The molecule has 1 saturated heterocycles. The topological polar surface area (TPSA) is 52.6 Å². The van der Waals surface area contributed by atoms with Crippen molar-refractivity contribution in [3.63, 3.8) is 0 Å². The molecule has 2 N–H and O–H groups in total. The van der Waals surface area contributed by atoms with E-state index in [1.165, 1.54) is 48.8 Å². The van der Waals surface area contributed by atoms with Crippen LogP contribution in [0, 0.1) is 12.8 Å². The smallest absolute Gasteiger partial charge is 0.191 e. The number of nitrogens with zero attached hydrogens (tertiary/aromatic N) is 3. The highest BCUT2D eigenvalue weighted by Crippen LogP contribution is 2.20. The van der Waals surface area contributed by atoms with E-state index in [2.05, 4.69) is 41.3 Å². The van der Waals surface area contributed by atoms with E-state index >= 15 is 0 Å². The van der Waals surface area contributed by atoms with Crippen LogP contribution < -0.4 is 10.6 Å². The third-order valence-corrected chi connectivity index (χ3v) is 5.58. The minimum Gasteiger partial charge on any atom is -0.357 e. The molecular weight excluding hydrogens is 318 g/mol. The second-order valence-electron chi connectivity index (χ2n) is 6.47. The summed E-state index contributed by atoms with van der Waals surface area (Å²) in [6, 6.07) is 0. The fourth-order valence-electron chi connectivity index (χ4n) is 3.10. The first-order valence-corrected chi connectivity index (χ1v) is 10.2. The zero-order chi connectivity index (χ0) is 17.2. The molecule has 136 valence electrons. The number of guanidine groups is 1. The van der Waals surface area contributed by atoms with Crippen LogP contribution in [0.2, 0.25) is 0 Å². The molecule has 0 aliphatic carbocycles. The Kier molecular flexibility index (Phi) is 8.53. The van der Waals surface area contributed by atoms with Gasteiger partial charge in [-0.3, -0.25) is 4.99 Å². The second-order valence-corrected chi connectivity index (χ2v) is 7.79. The fraction of sp³-hybridized carbons (Fsp3) is 0.778. The van der Waals surface area contributed by atoms with Crippen molar-refractivity contribution in [2.24, 2.45) is 10.9 Å². The molecule has 2 heterocycles. The second kappa shape index (κ2) is 10.7. The van der Waals surface area contributed by atoms with Crippen LogP contribution in [-0.2, 0) is 6.42 Å². The van der Waals surface area contributed by atoms with Gasteiger partial charge in [0, 0.05) is 37.1 Å². The Morgan fingerprint density at radius 2 is 2.12 bits per heavy atom. The SMILES string of the molecule is CCNC(=NCCC1CCN(CC)CC1)NCCc1ncc(C)s1. The molecule has 24 heavy (non-hydrogen) atoms. The van der Waals surface area contributed by atoms with E-state index < -0.39 is 0 Å². The van der Waals surface area contributed by atoms with Gasteiger partial charge in [0.15, 0.2) is 5.96 Å². The van der Waals surface area contributed by atoms with Crippen molar-refractivity contribution in [1.29, 1.82) is 0 Å². The number of thiazole rings is 1. The molecule has 1 aromatic rings. The summed E-state index contributed by atoms with van der Waals surface area (Å²) < 4.78 is 0. The molecule has 0 unspecified atom stereocenters. The molecule has 0 aromatic carbocycles.